The van der Waals surface area contributed by atoms with E-state index in [-0.39, 0.29) is 0 Å². The van der Waals surface area contributed by atoms with Crippen LogP contribution >= 0.6 is 15.9 Å². The number of hydrogen-bond acceptors (Lipinski definition) is 3. The van der Waals surface area contributed by atoms with Crippen molar-refractivity contribution < 1.29 is 4.74 Å². The quantitative estimate of drug-likeness (QED) is 0.791. The Balaban J connectivity index is 1.73. The number of rotatable bonds is 4. The third-order valence-electron chi connectivity index (χ3n) is 4.15. The molecule has 1 aliphatic heterocycles. The van der Waals surface area contributed by atoms with Crippen molar-refractivity contribution in [3.63, 3.8) is 0 Å². The van der Waals surface area contributed by atoms with Crippen molar-refractivity contribution >= 4 is 32.5 Å². The molecule has 2 aromatic rings. The van der Waals surface area contributed by atoms with E-state index < -0.39 is 0 Å². The van der Waals surface area contributed by atoms with Crippen LogP contribution in [-0.2, 0) is 4.74 Å². The molecule has 0 unspecified atom stereocenters. The Morgan fingerprint density at radius 2 is 2.05 bits per heavy atom. The lowest BCUT2D eigenvalue weighted by molar-refractivity contribution is 0.0215. The van der Waals surface area contributed by atoms with Crippen LogP contribution in [0.3, 0.4) is 0 Å². The van der Waals surface area contributed by atoms with Gasteiger partial charge in [-0.15, -0.1) is 0 Å². The molecular formula is C18H23BrN2O. The number of benzene rings is 1. The minimum absolute atomic E-state index is 0.415. The molecule has 3 nitrogen and oxygen atoms in total. The number of para-hydroxylation sites is 1. The number of ether oxygens (including phenoxy) is 1. The van der Waals surface area contributed by atoms with Crippen LogP contribution in [0.25, 0.3) is 10.9 Å². The molecule has 22 heavy (non-hydrogen) atoms. The van der Waals surface area contributed by atoms with E-state index in [0.717, 1.165) is 42.5 Å². The van der Waals surface area contributed by atoms with Gasteiger partial charge in [0.05, 0.1) is 11.6 Å². The molecule has 0 spiro atoms. The number of halogens is 1. The Labute approximate surface area is 140 Å². The Hall–Kier alpha value is -1.13. The maximum atomic E-state index is 5.99. The summed E-state index contributed by atoms with van der Waals surface area (Å²) in [6.07, 6.45) is 4.53. The van der Waals surface area contributed by atoms with Crippen LogP contribution in [0.2, 0.25) is 0 Å². The first-order valence-corrected chi connectivity index (χ1v) is 8.84. The van der Waals surface area contributed by atoms with Gasteiger partial charge in [0.25, 0.3) is 0 Å². The monoisotopic (exact) mass is 362 g/mol. The minimum atomic E-state index is 0.415. The highest BCUT2D eigenvalue weighted by Gasteiger charge is 2.21. The van der Waals surface area contributed by atoms with Crippen molar-refractivity contribution in [2.45, 2.75) is 32.8 Å². The molecule has 0 aliphatic carbocycles. The highest BCUT2D eigenvalue weighted by molar-refractivity contribution is 9.10. The molecule has 0 N–H and O–H groups in total. The number of aromatic nitrogens is 1. The fourth-order valence-electron chi connectivity index (χ4n) is 2.99. The van der Waals surface area contributed by atoms with Crippen LogP contribution in [-0.4, -0.2) is 30.8 Å². The van der Waals surface area contributed by atoms with Crippen LogP contribution in [0.5, 0.6) is 0 Å². The van der Waals surface area contributed by atoms with Gasteiger partial charge in [-0.25, -0.2) is 0 Å². The smallest absolute Gasteiger partial charge is 0.0864 e. The predicted octanol–water partition coefficient (Wildman–Crippen LogP) is 4.64. The third kappa shape index (κ3) is 3.44. The zero-order valence-electron chi connectivity index (χ0n) is 13.3. The van der Waals surface area contributed by atoms with Crippen molar-refractivity contribution in [3.05, 3.63) is 34.9 Å². The van der Waals surface area contributed by atoms with Crippen molar-refractivity contribution in [1.29, 1.82) is 0 Å². The van der Waals surface area contributed by atoms with Gasteiger partial charge in [-0.1, -0.05) is 26.0 Å². The average molecular weight is 363 g/mol. The lowest BCUT2D eigenvalue weighted by atomic mass is 10.1. The van der Waals surface area contributed by atoms with Crippen LogP contribution in [0, 0.1) is 5.92 Å². The van der Waals surface area contributed by atoms with Gasteiger partial charge in [0.2, 0.25) is 0 Å². The van der Waals surface area contributed by atoms with Crippen LogP contribution in [0.15, 0.2) is 34.9 Å². The van der Waals surface area contributed by atoms with Crippen molar-refractivity contribution in [3.8, 4) is 0 Å². The molecule has 0 amide bonds. The molecule has 1 aromatic carbocycles. The summed E-state index contributed by atoms with van der Waals surface area (Å²) in [4.78, 5) is 6.97. The van der Waals surface area contributed by atoms with Gasteiger partial charge in [-0.05, 0) is 46.8 Å². The Bertz CT molecular complexity index is 636. The first-order valence-electron chi connectivity index (χ1n) is 8.05. The summed E-state index contributed by atoms with van der Waals surface area (Å²) < 4.78 is 7.05. The molecule has 0 saturated carbocycles. The first kappa shape index (κ1) is 15.8. The highest BCUT2D eigenvalue weighted by Crippen LogP contribution is 2.31. The van der Waals surface area contributed by atoms with E-state index in [1.807, 2.05) is 12.3 Å². The third-order valence-corrected chi connectivity index (χ3v) is 4.79. The number of nitrogens with zero attached hydrogens (tertiary/aromatic N) is 2. The van der Waals surface area contributed by atoms with E-state index in [0.29, 0.717) is 12.0 Å². The van der Waals surface area contributed by atoms with Gasteiger partial charge in [-0.2, -0.15) is 0 Å². The predicted molar refractivity (Wildman–Crippen MR) is 95.5 cm³/mol. The zero-order valence-corrected chi connectivity index (χ0v) is 14.8. The minimum Gasteiger partial charge on any atom is -0.378 e. The fourth-order valence-corrected chi connectivity index (χ4v) is 3.46. The maximum Gasteiger partial charge on any atom is 0.0864 e. The number of fused-ring (bicyclic) bond motifs is 1. The Morgan fingerprint density at radius 1 is 1.27 bits per heavy atom. The first-order chi connectivity index (χ1) is 10.6. The number of piperidine rings is 1. The number of anilines is 1. The summed E-state index contributed by atoms with van der Waals surface area (Å²) in [5.41, 5.74) is 2.33. The van der Waals surface area contributed by atoms with Crippen LogP contribution < -0.4 is 4.90 Å². The summed E-state index contributed by atoms with van der Waals surface area (Å²) in [7, 11) is 0. The van der Waals surface area contributed by atoms with Crippen molar-refractivity contribution in [2.75, 3.05) is 24.6 Å². The molecule has 0 bridgehead atoms. The van der Waals surface area contributed by atoms with E-state index in [9.17, 15) is 0 Å². The summed E-state index contributed by atoms with van der Waals surface area (Å²) in [6, 6.07) is 8.41. The topological polar surface area (TPSA) is 25.4 Å². The molecule has 4 heteroatoms. The van der Waals surface area contributed by atoms with Gasteiger partial charge >= 0.3 is 0 Å². The van der Waals surface area contributed by atoms with Crippen LogP contribution in [0.1, 0.15) is 26.7 Å². The van der Waals surface area contributed by atoms with Crippen molar-refractivity contribution in [1.82, 2.24) is 4.98 Å². The second kappa shape index (κ2) is 6.97. The maximum absolute atomic E-state index is 5.99. The molecule has 1 aromatic heterocycles. The lowest BCUT2D eigenvalue weighted by Crippen LogP contribution is -2.37. The summed E-state index contributed by atoms with van der Waals surface area (Å²) in [5.74, 6) is 0.611. The molecule has 1 fully saturated rings. The molecular weight excluding hydrogens is 340 g/mol. The average Bonchev–Trinajstić information content (AvgIpc) is 2.53. The van der Waals surface area contributed by atoms with Gasteiger partial charge in [0.1, 0.15) is 0 Å². The molecule has 0 atom stereocenters. The van der Waals surface area contributed by atoms with E-state index in [2.05, 4.69) is 57.9 Å². The summed E-state index contributed by atoms with van der Waals surface area (Å²) in [5, 5.41) is 1.22. The van der Waals surface area contributed by atoms with E-state index in [4.69, 9.17) is 4.74 Å². The second-order valence-corrected chi connectivity index (χ2v) is 7.23. The second-order valence-electron chi connectivity index (χ2n) is 6.38. The fraction of sp³-hybridized carbons (Fsp3) is 0.500. The summed E-state index contributed by atoms with van der Waals surface area (Å²) in [6.45, 7) is 7.38. The van der Waals surface area contributed by atoms with Crippen molar-refractivity contribution in [2.24, 2.45) is 5.92 Å². The Kier molecular flexibility index (Phi) is 4.99. The molecule has 3 rings (SSSR count). The highest BCUT2D eigenvalue weighted by atomic mass is 79.9. The van der Waals surface area contributed by atoms with Gasteiger partial charge in [0.15, 0.2) is 0 Å². The number of pyridine rings is 1. The van der Waals surface area contributed by atoms with E-state index in [1.54, 1.807) is 0 Å². The van der Waals surface area contributed by atoms with E-state index in [1.165, 1.54) is 11.1 Å². The molecule has 1 aliphatic rings. The van der Waals surface area contributed by atoms with Gasteiger partial charge < -0.3 is 9.64 Å². The molecule has 2 heterocycles. The summed E-state index contributed by atoms with van der Waals surface area (Å²) >= 11 is 3.60. The molecule has 1 saturated heterocycles. The van der Waals surface area contributed by atoms with E-state index >= 15 is 0 Å². The molecule has 0 radical (unpaired) electrons. The Morgan fingerprint density at radius 3 is 2.77 bits per heavy atom. The number of hydrogen-bond donors (Lipinski definition) is 0. The zero-order chi connectivity index (χ0) is 15.5. The lowest BCUT2D eigenvalue weighted by Gasteiger charge is -2.34. The largest absolute Gasteiger partial charge is 0.378 e. The van der Waals surface area contributed by atoms with Crippen LogP contribution in [0.4, 0.5) is 5.69 Å². The SMILES string of the molecule is CC(C)COC1CCN(c2ccnc3c(Br)cccc23)CC1. The normalized spacial score (nSPS) is 16.6. The standard InChI is InChI=1S/C18H23BrN2O/c1-13(2)12-22-14-7-10-21(11-8-14)17-6-9-20-18-15(17)4-3-5-16(18)19/h3-6,9,13-14H,7-8,10-12H2,1-2H3. The van der Waals surface area contributed by atoms with Gasteiger partial charge in [0, 0.05) is 41.4 Å². The van der Waals surface area contributed by atoms with Gasteiger partial charge in [-0.3, -0.25) is 4.98 Å². The molecule has 118 valence electrons.